The van der Waals surface area contributed by atoms with E-state index in [2.05, 4.69) is 18.7 Å². The second-order valence-electron chi connectivity index (χ2n) is 5.93. The Morgan fingerprint density at radius 1 is 1.43 bits per heavy atom. The number of likely N-dealkylation sites (tertiary alicyclic amines) is 1. The predicted molar refractivity (Wildman–Crippen MR) is 86.0 cm³/mol. The molecule has 2 heterocycles. The highest BCUT2D eigenvalue weighted by molar-refractivity contribution is 7.11. The Bertz CT molecular complexity index is 473. The van der Waals surface area contributed by atoms with Crippen LogP contribution in [-0.2, 0) is 24.1 Å². The summed E-state index contributed by atoms with van der Waals surface area (Å²) in [6, 6.07) is 0.673. The summed E-state index contributed by atoms with van der Waals surface area (Å²) in [7, 11) is 0. The van der Waals surface area contributed by atoms with Crippen LogP contribution in [0.5, 0.6) is 0 Å². The maximum Gasteiger partial charge on any atom is 0.308 e. The quantitative estimate of drug-likeness (QED) is 0.840. The van der Waals surface area contributed by atoms with Crippen molar-refractivity contribution in [3.63, 3.8) is 0 Å². The van der Waals surface area contributed by atoms with E-state index in [1.165, 1.54) is 25.8 Å². The van der Waals surface area contributed by atoms with Crippen LogP contribution < -0.4 is 0 Å². The Balaban J connectivity index is 1.97. The van der Waals surface area contributed by atoms with Crippen molar-refractivity contribution in [3.8, 4) is 0 Å². The van der Waals surface area contributed by atoms with Crippen LogP contribution >= 0.6 is 11.3 Å². The number of aryl methyl sites for hydroxylation is 1. The van der Waals surface area contributed by atoms with E-state index in [4.69, 9.17) is 10.1 Å². The van der Waals surface area contributed by atoms with Gasteiger partial charge in [0, 0.05) is 23.9 Å². The molecular formula is C16H26N2O2S. The molecule has 1 aliphatic heterocycles. The van der Waals surface area contributed by atoms with Crippen molar-refractivity contribution in [2.24, 2.45) is 0 Å². The Morgan fingerprint density at radius 3 is 2.90 bits per heavy atom. The highest BCUT2D eigenvalue weighted by Gasteiger charge is 2.19. The van der Waals surface area contributed by atoms with Crippen LogP contribution in [0.2, 0.25) is 0 Å². The van der Waals surface area contributed by atoms with Gasteiger partial charge in [-0.15, -0.1) is 11.3 Å². The highest BCUT2D eigenvalue weighted by Crippen LogP contribution is 2.23. The van der Waals surface area contributed by atoms with Gasteiger partial charge in [0.1, 0.15) is 0 Å². The lowest BCUT2D eigenvalue weighted by Crippen LogP contribution is -2.38. The maximum atomic E-state index is 11.0. The molecule has 1 atom stereocenters. The predicted octanol–water partition coefficient (Wildman–Crippen LogP) is 3.14. The second kappa shape index (κ2) is 7.90. The van der Waals surface area contributed by atoms with Crippen LogP contribution in [0.25, 0.3) is 0 Å². The average Bonchev–Trinajstić information content (AvgIpc) is 2.80. The minimum absolute atomic E-state index is 0.118. The molecule has 4 nitrogen and oxygen atoms in total. The molecule has 1 unspecified atom stereocenters. The SMILES string of the molecule is CCCc1nc(CCN2CCCCC2C)sc1CC(=O)O. The van der Waals surface area contributed by atoms with Gasteiger partial charge in [0.2, 0.25) is 0 Å². The van der Waals surface area contributed by atoms with Crippen molar-refractivity contribution in [1.82, 2.24) is 9.88 Å². The molecule has 0 spiro atoms. The number of nitrogens with zero attached hydrogens (tertiary/aromatic N) is 2. The van der Waals surface area contributed by atoms with Crippen molar-refractivity contribution in [2.45, 2.75) is 64.8 Å². The molecule has 1 N–H and O–H groups in total. The number of carboxylic acid groups (broad SMARTS) is 1. The van der Waals surface area contributed by atoms with Crippen molar-refractivity contribution in [3.05, 3.63) is 15.6 Å². The molecule has 1 aromatic heterocycles. The largest absolute Gasteiger partial charge is 0.481 e. The molecule has 0 aliphatic carbocycles. The van der Waals surface area contributed by atoms with Crippen molar-refractivity contribution >= 4 is 17.3 Å². The van der Waals surface area contributed by atoms with Gasteiger partial charge in [0.15, 0.2) is 0 Å². The minimum Gasteiger partial charge on any atom is -0.481 e. The fraction of sp³-hybridized carbons (Fsp3) is 0.750. The zero-order valence-corrected chi connectivity index (χ0v) is 13.9. The molecule has 0 bridgehead atoms. The molecule has 0 aromatic carbocycles. The van der Waals surface area contributed by atoms with Crippen LogP contribution in [0.1, 0.15) is 55.1 Å². The number of aromatic nitrogens is 1. The third kappa shape index (κ3) is 4.78. The number of aliphatic carboxylic acids is 1. The van der Waals surface area contributed by atoms with Crippen LogP contribution in [-0.4, -0.2) is 40.1 Å². The number of thiazole rings is 1. The molecule has 118 valence electrons. The lowest BCUT2D eigenvalue weighted by molar-refractivity contribution is -0.136. The zero-order valence-electron chi connectivity index (χ0n) is 13.1. The van der Waals surface area contributed by atoms with Gasteiger partial charge in [0.25, 0.3) is 0 Å². The normalized spacial score (nSPS) is 19.8. The summed E-state index contributed by atoms with van der Waals surface area (Å²) in [5, 5.41) is 10.1. The Hall–Kier alpha value is -0.940. The van der Waals surface area contributed by atoms with E-state index >= 15 is 0 Å². The zero-order chi connectivity index (χ0) is 15.2. The Morgan fingerprint density at radius 2 is 2.24 bits per heavy atom. The van der Waals surface area contributed by atoms with E-state index in [0.717, 1.165) is 41.4 Å². The summed E-state index contributed by atoms with van der Waals surface area (Å²) in [6.07, 6.45) is 6.91. The first-order chi connectivity index (χ1) is 10.1. The molecule has 0 radical (unpaired) electrons. The van der Waals surface area contributed by atoms with Gasteiger partial charge in [-0.1, -0.05) is 19.8 Å². The number of piperidine rings is 1. The Labute approximate surface area is 131 Å². The smallest absolute Gasteiger partial charge is 0.308 e. The van der Waals surface area contributed by atoms with Gasteiger partial charge in [-0.2, -0.15) is 0 Å². The summed E-state index contributed by atoms with van der Waals surface area (Å²) < 4.78 is 0. The third-order valence-electron chi connectivity index (χ3n) is 4.17. The van der Waals surface area contributed by atoms with E-state index in [1.807, 2.05) is 0 Å². The average molecular weight is 310 g/mol. The number of hydrogen-bond donors (Lipinski definition) is 1. The minimum atomic E-state index is -0.757. The van der Waals surface area contributed by atoms with Gasteiger partial charge >= 0.3 is 5.97 Å². The number of rotatable bonds is 7. The summed E-state index contributed by atoms with van der Waals surface area (Å²) in [5.41, 5.74) is 1.01. The van der Waals surface area contributed by atoms with Crippen LogP contribution in [0.4, 0.5) is 0 Å². The van der Waals surface area contributed by atoms with Crippen LogP contribution in [0, 0.1) is 0 Å². The van der Waals surface area contributed by atoms with E-state index in [1.54, 1.807) is 11.3 Å². The fourth-order valence-corrected chi connectivity index (χ4v) is 4.08. The van der Waals surface area contributed by atoms with E-state index < -0.39 is 5.97 Å². The van der Waals surface area contributed by atoms with Gasteiger partial charge in [0.05, 0.1) is 17.1 Å². The van der Waals surface area contributed by atoms with Gasteiger partial charge < -0.3 is 10.0 Å². The van der Waals surface area contributed by atoms with Crippen molar-refractivity contribution in [1.29, 1.82) is 0 Å². The first-order valence-corrected chi connectivity index (χ1v) is 8.85. The molecule has 1 aromatic rings. The second-order valence-corrected chi connectivity index (χ2v) is 7.10. The molecule has 0 amide bonds. The standard InChI is InChI=1S/C16H26N2O2S/c1-3-6-13-14(11-16(19)20)21-15(17-13)8-10-18-9-5-4-7-12(18)2/h12H,3-11H2,1-2H3,(H,19,20). The molecule has 2 rings (SSSR count). The lowest BCUT2D eigenvalue weighted by Gasteiger charge is -2.33. The molecule has 1 fully saturated rings. The highest BCUT2D eigenvalue weighted by atomic mass is 32.1. The summed E-state index contributed by atoms with van der Waals surface area (Å²) in [6.45, 7) is 6.65. The van der Waals surface area contributed by atoms with Gasteiger partial charge in [-0.3, -0.25) is 4.79 Å². The summed E-state index contributed by atoms with van der Waals surface area (Å²) in [5.74, 6) is -0.757. The van der Waals surface area contributed by atoms with Crippen LogP contribution in [0.15, 0.2) is 0 Å². The van der Waals surface area contributed by atoms with E-state index in [-0.39, 0.29) is 6.42 Å². The monoisotopic (exact) mass is 310 g/mol. The molecule has 21 heavy (non-hydrogen) atoms. The molecule has 5 heteroatoms. The molecule has 1 saturated heterocycles. The molecular weight excluding hydrogens is 284 g/mol. The number of carbonyl (C=O) groups is 1. The first kappa shape index (κ1) is 16.4. The topological polar surface area (TPSA) is 53.4 Å². The van der Waals surface area contributed by atoms with Gasteiger partial charge in [-0.25, -0.2) is 4.98 Å². The van der Waals surface area contributed by atoms with Gasteiger partial charge in [-0.05, 0) is 32.7 Å². The van der Waals surface area contributed by atoms with E-state index in [9.17, 15) is 4.79 Å². The molecule has 1 aliphatic rings. The molecule has 0 saturated carbocycles. The number of carboxylic acids is 1. The maximum absolute atomic E-state index is 11.0. The van der Waals surface area contributed by atoms with Crippen LogP contribution in [0.3, 0.4) is 0 Å². The third-order valence-corrected chi connectivity index (χ3v) is 5.33. The fourth-order valence-electron chi connectivity index (χ4n) is 2.98. The van der Waals surface area contributed by atoms with Crippen molar-refractivity contribution < 1.29 is 9.90 Å². The first-order valence-electron chi connectivity index (χ1n) is 8.03. The number of hydrogen-bond acceptors (Lipinski definition) is 4. The summed E-state index contributed by atoms with van der Waals surface area (Å²) >= 11 is 1.60. The van der Waals surface area contributed by atoms with Crippen molar-refractivity contribution in [2.75, 3.05) is 13.1 Å². The lowest BCUT2D eigenvalue weighted by atomic mass is 10.0. The Kier molecular flexibility index (Phi) is 6.18. The van der Waals surface area contributed by atoms with E-state index in [0.29, 0.717) is 6.04 Å². The summed E-state index contributed by atoms with van der Waals surface area (Å²) in [4.78, 5) is 19.1.